The van der Waals surface area contributed by atoms with Crippen LogP contribution in [0.3, 0.4) is 0 Å². The first-order valence-corrected chi connectivity index (χ1v) is 7.59. The predicted molar refractivity (Wildman–Crippen MR) is 91.6 cm³/mol. The molecular weight excluding hydrogens is 248 g/mol. The van der Waals surface area contributed by atoms with Gasteiger partial charge in [0, 0.05) is 5.56 Å². The maximum atomic E-state index is 5.36. The number of H-pyrrole nitrogens is 1. The van der Waals surface area contributed by atoms with Gasteiger partial charge in [-0.05, 0) is 0 Å². The van der Waals surface area contributed by atoms with Gasteiger partial charge in [-0.2, -0.15) is 4.98 Å². The van der Waals surface area contributed by atoms with E-state index in [9.17, 15) is 0 Å². The molecule has 2 rings (SSSR count). The Kier molecular flexibility index (Phi) is 22.7. The predicted octanol–water partition coefficient (Wildman–Crippen LogP) is 5.16. The first-order valence-electron chi connectivity index (χ1n) is 7.59. The second kappa shape index (κ2) is 19.5. The lowest BCUT2D eigenvalue weighted by Gasteiger charge is -1.91. The fourth-order valence-corrected chi connectivity index (χ4v) is 1.000. The van der Waals surface area contributed by atoms with Crippen molar-refractivity contribution in [2.75, 3.05) is 5.73 Å². The molecule has 4 nitrogen and oxygen atoms in total. The Balaban J connectivity index is -0.000000314. The summed E-state index contributed by atoms with van der Waals surface area (Å²) in [6.07, 6.45) is 0. The molecule has 2 aromatic rings. The van der Waals surface area contributed by atoms with Crippen molar-refractivity contribution in [3.8, 4) is 11.4 Å². The van der Waals surface area contributed by atoms with Crippen LogP contribution < -0.4 is 5.73 Å². The number of nitrogens with two attached hydrogens (primary N) is 1. The smallest absolute Gasteiger partial charge is 0.239 e. The molecule has 0 spiro atoms. The van der Waals surface area contributed by atoms with E-state index in [4.69, 9.17) is 5.73 Å². The van der Waals surface area contributed by atoms with Crippen molar-refractivity contribution in [1.82, 2.24) is 15.2 Å². The number of rotatable bonds is 1. The van der Waals surface area contributed by atoms with E-state index in [1.54, 1.807) is 0 Å². The number of aromatic amines is 1. The van der Waals surface area contributed by atoms with Crippen LogP contribution in [0.15, 0.2) is 30.3 Å². The summed E-state index contributed by atoms with van der Waals surface area (Å²) in [5.74, 6) is 0.974. The molecular formula is C16H32N4. The van der Waals surface area contributed by atoms with E-state index < -0.39 is 0 Å². The SMILES string of the molecule is CC.CC.CC.CC.Nc1n[nH]c(-c2ccccc2)n1. The van der Waals surface area contributed by atoms with Gasteiger partial charge in [0.15, 0.2) is 5.82 Å². The van der Waals surface area contributed by atoms with Crippen LogP contribution in [0.2, 0.25) is 0 Å². The zero-order valence-corrected chi connectivity index (χ0v) is 14.4. The number of nitrogens with one attached hydrogen (secondary N) is 1. The standard InChI is InChI=1S/C8H8N4.4C2H6/c9-8-10-7(11-12-8)6-4-2-1-3-5-6;4*1-2/h1-5H,(H3,9,10,11,12);4*1-2H3. The summed E-state index contributed by atoms with van der Waals surface area (Å²) in [6.45, 7) is 16.0. The molecule has 0 aliphatic rings. The van der Waals surface area contributed by atoms with Crippen LogP contribution in [-0.4, -0.2) is 15.2 Å². The minimum atomic E-state index is 0.272. The number of aromatic nitrogens is 3. The number of hydrogen-bond donors (Lipinski definition) is 2. The van der Waals surface area contributed by atoms with Gasteiger partial charge in [-0.25, -0.2) is 0 Å². The number of anilines is 1. The van der Waals surface area contributed by atoms with Gasteiger partial charge in [0.25, 0.3) is 0 Å². The fraction of sp³-hybridized carbons (Fsp3) is 0.500. The summed E-state index contributed by atoms with van der Waals surface area (Å²) in [6, 6.07) is 9.71. The van der Waals surface area contributed by atoms with Gasteiger partial charge in [0.05, 0.1) is 0 Å². The lowest BCUT2D eigenvalue weighted by Crippen LogP contribution is -1.85. The van der Waals surface area contributed by atoms with E-state index in [2.05, 4.69) is 15.2 Å². The van der Waals surface area contributed by atoms with Gasteiger partial charge in [-0.3, -0.25) is 5.10 Å². The largest absolute Gasteiger partial charge is 0.366 e. The molecule has 20 heavy (non-hydrogen) atoms. The molecule has 0 amide bonds. The molecule has 0 fully saturated rings. The zero-order chi connectivity index (χ0) is 16.4. The highest BCUT2D eigenvalue weighted by Gasteiger charge is 2.00. The lowest BCUT2D eigenvalue weighted by atomic mass is 10.2. The highest BCUT2D eigenvalue weighted by atomic mass is 15.3. The third-order valence-electron chi connectivity index (χ3n) is 1.55. The van der Waals surface area contributed by atoms with Crippen molar-refractivity contribution in [2.45, 2.75) is 55.4 Å². The number of nitrogen functional groups attached to an aromatic ring is 1. The summed E-state index contributed by atoms with van der Waals surface area (Å²) >= 11 is 0. The second-order valence-corrected chi connectivity index (χ2v) is 2.41. The molecule has 0 saturated carbocycles. The normalized spacial score (nSPS) is 7.20. The molecule has 116 valence electrons. The monoisotopic (exact) mass is 280 g/mol. The first kappa shape index (κ1) is 23.3. The first-order chi connectivity index (χ1) is 9.86. The average molecular weight is 280 g/mol. The van der Waals surface area contributed by atoms with Gasteiger partial charge in [0.2, 0.25) is 5.95 Å². The molecule has 0 bridgehead atoms. The molecule has 0 radical (unpaired) electrons. The third kappa shape index (κ3) is 10.1. The van der Waals surface area contributed by atoms with Crippen molar-refractivity contribution in [2.24, 2.45) is 0 Å². The molecule has 0 aliphatic carbocycles. The summed E-state index contributed by atoms with van der Waals surface area (Å²) in [4.78, 5) is 3.99. The summed E-state index contributed by atoms with van der Waals surface area (Å²) in [5.41, 5.74) is 6.35. The van der Waals surface area contributed by atoms with Crippen molar-refractivity contribution in [3.05, 3.63) is 30.3 Å². The average Bonchev–Trinajstić information content (AvgIpc) is 3.02. The molecule has 0 atom stereocenters. The molecule has 0 saturated heterocycles. The lowest BCUT2D eigenvalue weighted by molar-refractivity contribution is 1.10. The molecule has 3 N–H and O–H groups in total. The van der Waals surface area contributed by atoms with Crippen LogP contribution >= 0.6 is 0 Å². The highest BCUT2D eigenvalue weighted by molar-refractivity contribution is 5.55. The summed E-state index contributed by atoms with van der Waals surface area (Å²) in [7, 11) is 0. The number of benzene rings is 1. The fourth-order valence-electron chi connectivity index (χ4n) is 1.000. The number of nitrogens with zero attached hydrogens (tertiary/aromatic N) is 2. The minimum Gasteiger partial charge on any atom is -0.366 e. The zero-order valence-electron chi connectivity index (χ0n) is 14.4. The van der Waals surface area contributed by atoms with Crippen LogP contribution in [0, 0.1) is 0 Å². The topological polar surface area (TPSA) is 67.6 Å². The van der Waals surface area contributed by atoms with E-state index in [-0.39, 0.29) is 5.95 Å². The Hall–Kier alpha value is -1.84. The van der Waals surface area contributed by atoms with E-state index >= 15 is 0 Å². The van der Waals surface area contributed by atoms with Crippen molar-refractivity contribution < 1.29 is 0 Å². The molecule has 0 unspecified atom stereocenters. The van der Waals surface area contributed by atoms with Gasteiger partial charge in [0.1, 0.15) is 0 Å². The van der Waals surface area contributed by atoms with Crippen molar-refractivity contribution in [1.29, 1.82) is 0 Å². The molecule has 1 aromatic carbocycles. The van der Waals surface area contributed by atoms with E-state index in [0.29, 0.717) is 5.82 Å². The van der Waals surface area contributed by atoms with Crippen LogP contribution in [0.1, 0.15) is 55.4 Å². The Morgan fingerprint density at radius 3 is 1.60 bits per heavy atom. The molecule has 1 aromatic heterocycles. The highest BCUT2D eigenvalue weighted by Crippen LogP contribution is 2.13. The third-order valence-corrected chi connectivity index (χ3v) is 1.55. The van der Waals surface area contributed by atoms with Crippen molar-refractivity contribution >= 4 is 5.95 Å². The number of hydrogen-bond acceptors (Lipinski definition) is 3. The maximum Gasteiger partial charge on any atom is 0.239 e. The van der Waals surface area contributed by atoms with Crippen LogP contribution in [0.4, 0.5) is 5.95 Å². The maximum absolute atomic E-state index is 5.36. The summed E-state index contributed by atoms with van der Waals surface area (Å²) in [5, 5.41) is 6.47. The van der Waals surface area contributed by atoms with Crippen LogP contribution in [0.5, 0.6) is 0 Å². The van der Waals surface area contributed by atoms with Crippen LogP contribution in [-0.2, 0) is 0 Å². The van der Waals surface area contributed by atoms with E-state index in [1.165, 1.54) is 0 Å². The van der Waals surface area contributed by atoms with Gasteiger partial charge < -0.3 is 5.73 Å². The van der Waals surface area contributed by atoms with Crippen LogP contribution in [0.25, 0.3) is 11.4 Å². The van der Waals surface area contributed by atoms with Gasteiger partial charge >= 0.3 is 0 Å². The Bertz CT molecular complexity index is 369. The Morgan fingerprint density at radius 1 is 0.800 bits per heavy atom. The quantitative estimate of drug-likeness (QED) is 0.758. The van der Waals surface area contributed by atoms with Gasteiger partial charge in [-0.15, -0.1) is 5.10 Å². The van der Waals surface area contributed by atoms with Gasteiger partial charge in [-0.1, -0.05) is 85.7 Å². The minimum absolute atomic E-state index is 0.272. The second-order valence-electron chi connectivity index (χ2n) is 2.41. The Morgan fingerprint density at radius 2 is 1.25 bits per heavy atom. The summed E-state index contributed by atoms with van der Waals surface area (Å²) < 4.78 is 0. The van der Waals surface area contributed by atoms with E-state index in [0.717, 1.165) is 5.56 Å². The molecule has 4 heteroatoms. The Labute approximate surface area is 124 Å². The van der Waals surface area contributed by atoms with Crippen molar-refractivity contribution in [3.63, 3.8) is 0 Å². The molecule has 1 heterocycles. The molecule has 0 aliphatic heterocycles. The van der Waals surface area contributed by atoms with E-state index in [1.807, 2.05) is 85.7 Å².